The minimum absolute atomic E-state index is 0.0820. The third-order valence-corrected chi connectivity index (χ3v) is 6.72. The zero-order valence-corrected chi connectivity index (χ0v) is 19.2. The van der Waals surface area contributed by atoms with Crippen LogP contribution < -0.4 is 4.72 Å². The van der Waals surface area contributed by atoms with Crippen molar-refractivity contribution in [3.05, 3.63) is 54.5 Å². The van der Waals surface area contributed by atoms with Crippen LogP contribution in [0, 0.1) is 22.1 Å². The van der Waals surface area contributed by atoms with Crippen molar-refractivity contribution in [2.45, 2.75) is 30.8 Å². The van der Waals surface area contributed by atoms with E-state index in [1.165, 1.54) is 11.9 Å². The van der Waals surface area contributed by atoms with E-state index in [0.29, 0.717) is 37.6 Å². The monoisotopic (exact) mass is 462 g/mol. The second-order valence-corrected chi connectivity index (χ2v) is 8.78. The summed E-state index contributed by atoms with van der Waals surface area (Å²) in [5.41, 5.74) is 1.59. The van der Waals surface area contributed by atoms with E-state index in [0.717, 1.165) is 15.8 Å². The summed E-state index contributed by atoms with van der Waals surface area (Å²) >= 11 is 1.42. The van der Waals surface area contributed by atoms with Crippen molar-refractivity contribution in [2.75, 3.05) is 19.6 Å². The molecule has 1 atom stereocenters. The highest BCUT2D eigenvalue weighted by Crippen LogP contribution is 2.26. The molecule has 0 bridgehead atoms. The van der Waals surface area contributed by atoms with E-state index >= 15 is 0 Å². The van der Waals surface area contributed by atoms with Gasteiger partial charge in [-0.2, -0.15) is 5.26 Å². The van der Waals surface area contributed by atoms with Crippen LogP contribution in [-0.4, -0.2) is 62.6 Å². The fourth-order valence-electron chi connectivity index (χ4n) is 3.97. The van der Waals surface area contributed by atoms with Crippen LogP contribution in [-0.2, 0) is 11.3 Å². The van der Waals surface area contributed by atoms with Gasteiger partial charge in [-0.3, -0.25) is 15.6 Å². The van der Waals surface area contributed by atoms with E-state index in [2.05, 4.69) is 15.8 Å². The van der Waals surface area contributed by atoms with Crippen LogP contribution in [0.3, 0.4) is 0 Å². The third-order valence-electron chi connectivity index (χ3n) is 5.74. The van der Waals surface area contributed by atoms with Gasteiger partial charge in [0.05, 0.1) is 18.4 Å². The van der Waals surface area contributed by atoms with Gasteiger partial charge in [0.25, 0.3) is 0 Å². The maximum Gasteiger partial charge on any atom is 0.241 e. The second-order valence-electron chi connectivity index (χ2n) is 7.90. The van der Waals surface area contributed by atoms with Gasteiger partial charge in [-0.05, 0) is 55.6 Å². The predicted octanol–water partition coefficient (Wildman–Crippen LogP) is 3.02. The summed E-state index contributed by atoms with van der Waals surface area (Å²) in [7, 11) is 0. The number of amidine groups is 2. The first-order valence-electron chi connectivity index (χ1n) is 10.7. The van der Waals surface area contributed by atoms with Gasteiger partial charge in [0.2, 0.25) is 5.91 Å². The molecule has 2 aromatic heterocycles. The summed E-state index contributed by atoms with van der Waals surface area (Å²) in [6.45, 7) is 3.25. The minimum atomic E-state index is -0.501. The highest BCUT2D eigenvalue weighted by atomic mass is 32.2. The lowest BCUT2D eigenvalue weighted by atomic mass is 10.1. The van der Waals surface area contributed by atoms with Crippen LogP contribution in [0.25, 0.3) is 10.9 Å². The number of aryl methyl sites for hydroxylation is 1. The Labute approximate surface area is 196 Å². The number of benzene rings is 1. The van der Waals surface area contributed by atoms with Gasteiger partial charge >= 0.3 is 0 Å². The van der Waals surface area contributed by atoms with Gasteiger partial charge in [-0.15, -0.1) is 0 Å². The topological polar surface area (TPSA) is 128 Å². The molecule has 33 heavy (non-hydrogen) atoms. The molecule has 10 heteroatoms. The van der Waals surface area contributed by atoms with Crippen LogP contribution in [0.5, 0.6) is 0 Å². The Morgan fingerprint density at radius 3 is 2.91 bits per heavy atom. The summed E-state index contributed by atoms with van der Waals surface area (Å²) in [5.74, 6) is 0.484. The van der Waals surface area contributed by atoms with E-state index in [9.17, 15) is 10.1 Å². The Bertz CT molecular complexity index is 1220. The van der Waals surface area contributed by atoms with Gasteiger partial charge in [0.15, 0.2) is 0 Å². The summed E-state index contributed by atoms with van der Waals surface area (Å²) in [6, 6.07) is 13.2. The number of H-pyrrole nitrogens is 1. The van der Waals surface area contributed by atoms with Crippen molar-refractivity contribution in [1.82, 2.24) is 24.1 Å². The van der Waals surface area contributed by atoms with Crippen molar-refractivity contribution >= 4 is 40.4 Å². The Kier molecular flexibility index (Phi) is 6.82. The first-order valence-corrected chi connectivity index (χ1v) is 11.5. The molecule has 3 aromatic rings. The number of piperazine rings is 1. The SMILES string of the molecule is CC(=N)N1CCN(C(=O)C(CCn2cccc2C#N)NSc2cccc3[nH]ccc23)CC1=N. The van der Waals surface area contributed by atoms with Crippen LogP contribution in [0.2, 0.25) is 0 Å². The van der Waals surface area contributed by atoms with Gasteiger partial charge in [0.1, 0.15) is 17.6 Å². The van der Waals surface area contributed by atoms with Crippen molar-refractivity contribution in [3.8, 4) is 6.07 Å². The number of carbonyl (C=O) groups is 1. The molecule has 1 aromatic carbocycles. The number of nitrogens with zero attached hydrogens (tertiary/aromatic N) is 4. The molecule has 0 aliphatic carbocycles. The van der Waals surface area contributed by atoms with Crippen LogP contribution in [0.1, 0.15) is 19.0 Å². The average Bonchev–Trinajstić information content (AvgIpc) is 3.47. The van der Waals surface area contributed by atoms with E-state index in [-0.39, 0.29) is 18.3 Å². The Morgan fingerprint density at radius 2 is 2.15 bits per heavy atom. The number of aromatic nitrogens is 2. The fraction of sp³-hybridized carbons (Fsp3) is 0.304. The summed E-state index contributed by atoms with van der Waals surface area (Å²) in [6.07, 6.45) is 4.23. The number of carbonyl (C=O) groups excluding carboxylic acids is 1. The van der Waals surface area contributed by atoms with Gasteiger partial charge in [0, 0.05) is 47.8 Å². The van der Waals surface area contributed by atoms with E-state index < -0.39 is 6.04 Å². The molecule has 1 aliphatic heterocycles. The number of hydrogen-bond acceptors (Lipinski definition) is 6. The molecular weight excluding hydrogens is 436 g/mol. The molecule has 170 valence electrons. The average molecular weight is 463 g/mol. The van der Waals surface area contributed by atoms with E-state index in [1.807, 2.05) is 47.3 Å². The lowest BCUT2D eigenvalue weighted by Crippen LogP contribution is -2.56. The molecule has 1 unspecified atom stereocenters. The number of hydrogen-bond donors (Lipinski definition) is 4. The lowest BCUT2D eigenvalue weighted by molar-refractivity contribution is -0.133. The van der Waals surface area contributed by atoms with Crippen LogP contribution >= 0.6 is 11.9 Å². The maximum atomic E-state index is 13.5. The quantitative estimate of drug-likeness (QED) is 0.244. The molecule has 0 saturated carbocycles. The summed E-state index contributed by atoms with van der Waals surface area (Å²) < 4.78 is 5.20. The lowest BCUT2D eigenvalue weighted by Gasteiger charge is -2.37. The zero-order valence-electron chi connectivity index (χ0n) is 18.3. The molecule has 4 N–H and O–H groups in total. The molecular formula is C23H26N8OS. The normalized spacial score (nSPS) is 15.0. The van der Waals surface area contributed by atoms with E-state index in [1.54, 1.807) is 22.8 Å². The molecule has 1 fully saturated rings. The minimum Gasteiger partial charge on any atom is -0.361 e. The van der Waals surface area contributed by atoms with Crippen LogP contribution in [0.4, 0.5) is 0 Å². The highest BCUT2D eigenvalue weighted by molar-refractivity contribution is 7.97. The van der Waals surface area contributed by atoms with Crippen molar-refractivity contribution in [1.29, 1.82) is 16.1 Å². The highest BCUT2D eigenvalue weighted by Gasteiger charge is 2.30. The van der Waals surface area contributed by atoms with Gasteiger partial charge < -0.3 is 19.4 Å². The Hall–Kier alpha value is -3.55. The molecule has 1 amide bonds. The van der Waals surface area contributed by atoms with Gasteiger partial charge in [-0.25, -0.2) is 4.72 Å². The van der Waals surface area contributed by atoms with Crippen LogP contribution in [0.15, 0.2) is 53.7 Å². The Balaban J connectivity index is 1.50. The number of nitrogens with one attached hydrogen (secondary N) is 4. The largest absolute Gasteiger partial charge is 0.361 e. The molecule has 4 rings (SSSR count). The third kappa shape index (κ3) is 4.94. The summed E-state index contributed by atoms with van der Waals surface area (Å²) in [4.78, 5) is 21.0. The van der Waals surface area contributed by atoms with Gasteiger partial charge in [-0.1, -0.05) is 6.07 Å². The predicted molar refractivity (Wildman–Crippen MR) is 129 cm³/mol. The smallest absolute Gasteiger partial charge is 0.241 e. The van der Waals surface area contributed by atoms with Crippen molar-refractivity contribution in [3.63, 3.8) is 0 Å². The molecule has 9 nitrogen and oxygen atoms in total. The van der Waals surface area contributed by atoms with E-state index in [4.69, 9.17) is 10.8 Å². The number of fused-ring (bicyclic) bond motifs is 1. The standard InChI is InChI=1S/C23H26N8OS/c1-16(25)31-13-12-30(15-22(31)26)23(32)20(8-11-29-10-3-4-17(29)14-24)28-33-21-6-2-5-19-18(21)7-9-27-19/h2-7,9-10,20,25-28H,8,11-13,15H2,1H3. The first kappa shape index (κ1) is 22.6. The second kappa shape index (κ2) is 9.94. The molecule has 1 saturated heterocycles. The fourth-order valence-corrected chi connectivity index (χ4v) is 4.89. The Morgan fingerprint density at radius 1 is 1.30 bits per heavy atom. The summed E-state index contributed by atoms with van der Waals surface area (Å²) in [5, 5.41) is 26.4. The number of amides is 1. The van der Waals surface area contributed by atoms with Crippen molar-refractivity contribution in [2.24, 2.45) is 0 Å². The number of nitriles is 1. The van der Waals surface area contributed by atoms with Crippen molar-refractivity contribution < 1.29 is 4.79 Å². The molecule has 1 aliphatic rings. The first-order chi connectivity index (χ1) is 16.0. The molecule has 3 heterocycles. The maximum absolute atomic E-state index is 13.5. The zero-order chi connectivity index (χ0) is 23.4. The molecule has 0 radical (unpaired) electrons. The molecule has 0 spiro atoms. The number of rotatable bonds is 7. The number of aromatic amines is 1.